The number of carbonyl (C=O) groups is 2. The molecule has 0 unspecified atom stereocenters. The topological polar surface area (TPSA) is 52.6 Å². The largest absolute Gasteiger partial charge is 0.482 e. The van der Waals surface area contributed by atoms with Crippen LogP contribution in [0.4, 0.5) is 0 Å². The number of ether oxygens (including phenoxy) is 2. The van der Waals surface area contributed by atoms with Crippen molar-refractivity contribution >= 4 is 27.7 Å². The van der Waals surface area contributed by atoms with Gasteiger partial charge in [-0.1, -0.05) is 34.1 Å². The lowest BCUT2D eigenvalue weighted by atomic mass is 10.1. The number of fused-ring (bicyclic) bond motifs is 1. The monoisotopic (exact) mass is 402 g/mol. The Labute approximate surface area is 155 Å². The second kappa shape index (κ2) is 7.83. The summed E-state index contributed by atoms with van der Waals surface area (Å²) in [5, 5.41) is 0. The zero-order valence-electron chi connectivity index (χ0n) is 14.0. The lowest BCUT2D eigenvalue weighted by Crippen LogP contribution is -2.27. The van der Waals surface area contributed by atoms with E-state index in [-0.39, 0.29) is 12.4 Å². The van der Waals surface area contributed by atoms with Crippen LogP contribution in [0.15, 0.2) is 46.9 Å². The Morgan fingerprint density at radius 1 is 1.08 bits per heavy atom. The standard InChI is InChI=1S/C20H19BrO4/c1-13(20(23)15-5-8-17(21)9-6-15)25-19(22)12-24-18-10-7-14-3-2-4-16(14)11-18/h5-11,13H,2-4,12H2,1H3/t13-/m0/s1. The fraction of sp³-hybridized carbons (Fsp3) is 0.300. The molecule has 0 bridgehead atoms. The minimum absolute atomic E-state index is 0.212. The Balaban J connectivity index is 1.51. The van der Waals surface area contributed by atoms with Crippen LogP contribution in [-0.4, -0.2) is 24.5 Å². The van der Waals surface area contributed by atoms with Crippen LogP contribution in [0, 0.1) is 0 Å². The summed E-state index contributed by atoms with van der Waals surface area (Å²) in [5.74, 6) is -0.138. The molecule has 130 valence electrons. The number of esters is 1. The van der Waals surface area contributed by atoms with E-state index in [1.807, 2.05) is 18.2 Å². The number of aryl methyl sites for hydroxylation is 2. The third kappa shape index (κ3) is 4.48. The summed E-state index contributed by atoms with van der Waals surface area (Å²) in [6.45, 7) is 1.36. The second-order valence-corrected chi connectivity index (χ2v) is 6.99. The predicted octanol–water partition coefficient (Wildman–Crippen LogP) is 4.13. The molecule has 1 aliphatic rings. The zero-order chi connectivity index (χ0) is 17.8. The van der Waals surface area contributed by atoms with Gasteiger partial charge in [0.25, 0.3) is 0 Å². The normalized spacial score (nSPS) is 13.8. The van der Waals surface area contributed by atoms with Crippen LogP contribution in [0.2, 0.25) is 0 Å². The van der Waals surface area contributed by atoms with Gasteiger partial charge in [-0.05, 0) is 61.6 Å². The maximum absolute atomic E-state index is 12.3. The second-order valence-electron chi connectivity index (χ2n) is 6.08. The molecule has 4 nitrogen and oxygen atoms in total. The van der Waals surface area contributed by atoms with Crippen LogP contribution < -0.4 is 4.74 Å². The van der Waals surface area contributed by atoms with Crippen molar-refractivity contribution in [2.75, 3.05) is 6.61 Å². The Morgan fingerprint density at radius 2 is 1.80 bits per heavy atom. The molecular formula is C20H19BrO4. The third-order valence-corrected chi connectivity index (χ3v) is 4.76. The first kappa shape index (κ1) is 17.7. The molecule has 2 aromatic rings. The molecule has 0 fully saturated rings. The van der Waals surface area contributed by atoms with Crippen LogP contribution in [-0.2, 0) is 22.4 Å². The van der Waals surface area contributed by atoms with Gasteiger partial charge in [0.05, 0.1) is 0 Å². The first-order chi connectivity index (χ1) is 12.0. The molecule has 1 atom stereocenters. The summed E-state index contributed by atoms with van der Waals surface area (Å²) < 4.78 is 11.6. The van der Waals surface area contributed by atoms with Crippen molar-refractivity contribution in [1.82, 2.24) is 0 Å². The van der Waals surface area contributed by atoms with Crippen molar-refractivity contribution in [3.63, 3.8) is 0 Å². The van der Waals surface area contributed by atoms with Gasteiger partial charge in [0, 0.05) is 10.0 Å². The summed E-state index contributed by atoms with van der Waals surface area (Å²) in [4.78, 5) is 24.2. The van der Waals surface area contributed by atoms with Gasteiger partial charge in [0.2, 0.25) is 5.78 Å². The summed E-state index contributed by atoms with van der Waals surface area (Å²) >= 11 is 3.32. The number of Topliss-reactive ketones (excluding diaryl/α,β-unsaturated/α-hetero) is 1. The Bertz CT molecular complexity index is 783. The first-order valence-electron chi connectivity index (χ1n) is 8.27. The molecule has 0 spiro atoms. The third-order valence-electron chi connectivity index (χ3n) is 4.23. The maximum Gasteiger partial charge on any atom is 0.344 e. The molecule has 25 heavy (non-hydrogen) atoms. The molecular weight excluding hydrogens is 384 g/mol. The smallest absolute Gasteiger partial charge is 0.344 e. The highest BCUT2D eigenvalue weighted by atomic mass is 79.9. The molecule has 0 aromatic heterocycles. The fourth-order valence-corrected chi connectivity index (χ4v) is 3.18. The van der Waals surface area contributed by atoms with Crippen molar-refractivity contribution < 1.29 is 19.1 Å². The van der Waals surface area contributed by atoms with E-state index < -0.39 is 12.1 Å². The highest BCUT2D eigenvalue weighted by Gasteiger charge is 2.20. The molecule has 0 aliphatic heterocycles. The van der Waals surface area contributed by atoms with E-state index >= 15 is 0 Å². The van der Waals surface area contributed by atoms with Gasteiger partial charge < -0.3 is 9.47 Å². The highest BCUT2D eigenvalue weighted by molar-refractivity contribution is 9.10. The molecule has 0 saturated heterocycles. The van der Waals surface area contributed by atoms with Crippen molar-refractivity contribution in [3.05, 3.63) is 63.6 Å². The summed E-state index contributed by atoms with van der Waals surface area (Å²) in [6, 6.07) is 12.8. The predicted molar refractivity (Wildman–Crippen MR) is 98.0 cm³/mol. The number of ketones is 1. The SMILES string of the molecule is C[C@H](OC(=O)COc1ccc2c(c1)CCC2)C(=O)c1ccc(Br)cc1. The quantitative estimate of drug-likeness (QED) is 0.538. The Morgan fingerprint density at radius 3 is 2.56 bits per heavy atom. The lowest BCUT2D eigenvalue weighted by Gasteiger charge is -2.13. The van der Waals surface area contributed by atoms with Crippen LogP contribution in [0.3, 0.4) is 0 Å². The van der Waals surface area contributed by atoms with Gasteiger partial charge in [0.1, 0.15) is 5.75 Å². The van der Waals surface area contributed by atoms with Gasteiger partial charge in [-0.15, -0.1) is 0 Å². The average molecular weight is 403 g/mol. The molecule has 0 N–H and O–H groups in total. The van der Waals surface area contributed by atoms with E-state index in [1.165, 1.54) is 11.1 Å². The fourth-order valence-electron chi connectivity index (χ4n) is 2.91. The van der Waals surface area contributed by atoms with Crippen molar-refractivity contribution in [2.24, 2.45) is 0 Å². The van der Waals surface area contributed by atoms with E-state index in [0.29, 0.717) is 11.3 Å². The Hall–Kier alpha value is -2.14. The van der Waals surface area contributed by atoms with Gasteiger partial charge in [-0.2, -0.15) is 0 Å². The number of hydrogen-bond acceptors (Lipinski definition) is 4. The Kier molecular flexibility index (Phi) is 5.53. The summed E-state index contributed by atoms with van der Waals surface area (Å²) in [6.07, 6.45) is 2.47. The molecule has 5 heteroatoms. The van der Waals surface area contributed by atoms with E-state index in [9.17, 15) is 9.59 Å². The van der Waals surface area contributed by atoms with Gasteiger partial charge in [-0.3, -0.25) is 4.79 Å². The number of carbonyl (C=O) groups excluding carboxylic acids is 2. The van der Waals surface area contributed by atoms with Crippen LogP contribution in [0.25, 0.3) is 0 Å². The number of hydrogen-bond donors (Lipinski definition) is 0. The molecule has 1 aliphatic carbocycles. The summed E-state index contributed by atoms with van der Waals surface area (Å²) in [7, 11) is 0. The molecule has 0 radical (unpaired) electrons. The minimum atomic E-state index is -0.850. The highest BCUT2D eigenvalue weighted by Crippen LogP contribution is 2.26. The molecule has 0 amide bonds. The number of halogens is 1. The number of benzene rings is 2. The van der Waals surface area contributed by atoms with Crippen molar-refractivity contribution in [2.45, 2.75) is 32.3 Å². The number of rotatable bonds is 6. The lowest BCUT2D eigenvalue weighted by molar-refractivity contribution is -0.148. The van der Waals surface area contributed by atoms with Gasteiger partial charge in [-0.25, -0.2) is 4.79 Å². The zero-order valence-corrected chi connectivity index (χ0v) is 15.5. The average Bonchev–Trinajstić information content (AvgIpc) is 3.07. The van der Waals surface area contributed by atoms with Crippen molar-refractivity contribution in [3.8, 4) is 5.75 Å². The van der Waals surface area contributed by atoms with E-state index in [1.54, 1.807) is 31.2 Å². The van der Waals surface area contributed by atoms with Crippen LogP contribution >= 0.6 is 15.9 Å². The minimum Gasteiger partial charge on any atom is -0.482 e. The van der Waals surface area contributed by atoms with Gasteiger partial charge in [0.15, 0.2) is 12.7 Å². The maximum atomic E-state index is 12.3. The van der Waals surface area contributed by atoms with E-state index in [0.717, 1.165) is 23.7 Å². The van der Waals surface area contributed by atoms with E-state index in [2.05, 4.69) is 15.9 Å². The van der Waals surface area contributed by atoms with Gasteiger partial charge >= 0.3 is 5.97 Å². The molecule has 0 saturated carbocycles. The first-order valence-corrected chi connectivity index (χ1v) is 9.06. The molecule has 2 aromatic carbocycles. The van der Waals surface area contributed by atoms with Crippen LogP contribution in [0.1, 0.15) is 34.8 Å². The molecule has 3 rings (SSSR count). The summed E-state index contributed by atoms with van der Waals surface area (Å²) in [5.41, 5.74) is 3.14. The van der Waals surface area contributed by atoms with E-state index in [4.69, 9.17) is 9.47 Å². The van der Waals surface area contributed by atoms with Crippen molar-refractivity contribution in [1.29, 1.82) is 0 Å². The molecule has 0 heterocycles. The van der Waals surface area contributed by atoms with Crippen LogP contribution in [0.5, 0.6) is 5.75 Å².